The number of sulfonamides is 1. The fraction of sp³-hybridized carbons (Fsp3) is 0.318. The maximum atomic E-state index is 12.5. The third-order valence-corrected chi connectivity index (χ3v) is 5.76. The predicted molar refractivity (Wildman–Crippen MR) is 120 cm³/mol. The lowest BCUT2D eigenvalue weighted by molar-refractivity contribution is 0.102. The summed E-state index contributed by atoms with van der Waals surface area (Å²) >= 11 is 0. The van der Waals surface area contributed by atoms with Crippen LogP contribution in [0.5, 0.6) is 0 Å². The molecule has 0 saturated carbocycles. The van der Waals surface area contributed by atoms with Crippen LogP contribution in [0.25, 0.3) is 0 Å². The number of amides is 1. The fourth-order valence-corrected chi connectivity index (χ4v) is 4.10. The zero-order valence-electron chi connectivity index (χ0n) is 17.2. The average Bonchev–Trinajstić information content (AvgIpc) is 2.68. The molecule has 2 rings (SSSR count). The van der Waals surface area contributed by atoms with Crippen LogP contribution in [0, 0.1) is 0 Å². The van der Waals surface area contributed by atoms with Gasteiger partial charge in [0.15, 0.2) is 0 Å². The van der Waals surface area contributed by atoms with Crippen LogP contribution < -0.4 is 14.9 Å². The minimum atomic E-state index is -3.41. The summed E-state index contributed by atoms with van der Waals surface area (Å²) in [4.78, 5) is 14.7. The largest absolute Gasteiger partial charge is 0.369 e. The molecule has 2 N–H and O–H groups in total. The van der Waals surface area contributed by atoms with Crippen LogP contribution in [-0.2, 0) is 15.8 Å². The molecule has 0 unspecified atom stereocenters. The molecular formula is C22H29N3O3S. The van der Waals surface area contributed by atoms with Crippen molar-refractivity contribution in [2.75, 3.05) is 23.3 Å². The monoisotopic (exact) mass is 415 g/mol. The maximum absolute atomic E-state index is 12.5. The van der Waals surface area contributed by atoms with Crippen molar-refractivity contribution < 1.29 is 13.2 Å². The summed E-state index contributed by atoms with van der Waals surface area (Å²) in [6.45, 7) is 11.0. The van der Waals surface area contributed by atoms with Gasteiger partial charge in [0.1, 0.15) is 0 Å². The zero-order chi connectivity index (χ0) is 21.4. The smallest absolute Gasteiger partial charge is 0.255 e. The Morgan fingerprint density at radius 1 is 1.10 bits per heavy atom. The van der Waals surface area contributed by atoms with E-state index in [-0.39, 0.29) is 18.2 Å². The number of nitrogens with one attached hydrogen (secondary N) is 2. The van der Waals surface area contributed by atoms with Crippen LogP contribution in [0.1, 0.15) is 36.7 Å². The Hall–Kier alpha value is -2.64. The molecule has 156 valence electrons. The summed E-state index contributed by atoms with van der Waals surface area (Å²) < 4.78 is 26.3. The molecule has 0 spiro atoms. The highest BCUT2D eigenvalue weighted by Crippen LogP contribution is 2.19. The van der Waals surface area contributed by atoms with E-state index in [9.17, 15) is 13.2 Å². The van der Waals surface area contributed by atoms with Gasteiger partial charge in [-0.2, -0.15) is 0 Å². The highest BCUT2D eigenvalue weighted by molar-refractivity contribution is 7.88. The lowest BCUT2D eigenvalue weighted by Crippen LogP contribution is -2.30. The molecule has 0 radical (unpaired) electrons. The second-order valence-corrected chi connectivity index (χ2v) is 8.78. The third-order valence-electron chi connectivity index (χ3n) is 4.44. The van der Waals surface area contributed by atoms with Crippen molar-refractivity contribution in [3.63, 3.8) is 0 Å². The summed E-state index contributed by atoms with van der Waals surface area (Å²) in [7, 11) is -3.41. The van der Waals surface area contributed by atoms with Crippen molar-refractivity contribution in [3.05, 3.63) is 72.3 Å². The molecule has 0 aliphatic rings. The van der Waals surface area contributed by atoms with Crippen LogP contribution in [0.15, 0.2) is 61.2 Å². The van der Waals surface area contributed by atoms with Crippen LogP contribution in [0.4, 0.5) is 11.4 Å². The van der Waals surface area contributed by atoms with E-state index in [1.807, 2.05) is 24.3 Å². The summed E-state index contributed by atoms with van der Waals surface area (Å²) in [5, 5.41) is 2.84. The van der Waals surface area contributed by atoms with Gasteiger partial charge < -0.3 is 10.2 Å². The SMILES string of the molecule is C=CCNS(=O)(=O)Cc1ccc(NC(=O)c2ccc(N(CC)C(C)C)cc2)cc1. The molecule has 0 saturated heterocycles. The Kier molecular flexibility index (Phi) is 7.99. The highest BCUT2D eigenvalue weighted by Gasteiger charge is 2.12. The van der Waals surface area contributed by atoms with Crippen molar-refractivity contribution in [2.24, 2.45) is 0 Å². The normalized spacial score (nSPS) is 11.3. The Balaban J connectivity index is 2.01. The first kappa shape index (κ1) is 22.6. The number of nitrogens with zero attached hydrogens (tertiary/aromatic N) is 1. The molecule has 0 aliphatic heterocycles. The maximum Gasteiger partial charge on any atom is 0.255 e. The van der Waals surface area contributed by atoms with E-state index in [0.717, 1.165) is 12.2 Å². The van der Waals surface area contributed by atoms with Gasteiger partial charge in [-0.3, -0.25) is 4.79 Å². The van der Waals surface area contributed by atoms with Gasteiger partial charge in [-0.15, -0.1) is 6.58 Å². The lowest BCUT2D eigenvalue weighted by Gasteiger charge is -2.27. The predicted octanol–water partition coefficient (Wildman–Crippen LogP) is 3.78. The van der Waals surface area contributed by atoms with Crippen molar-refractivity contribution in [1.29, 1.82) is 0 Å². The molecule has 1 amide bonds. The number of carbonyl (C=O) groups is 1. The Morgan fingerprint density at radius 2 is 1.72 bits per heavy atom. The number of benzene rings is 2. The topological polar surface area (TPSA) is 78.5 Å². The van der Waals surface area contributed by atoms with Crippen molar-refractivity contribution in [3.8, 4) is 0 Å². The fourth-order valence-electron chi connectivity index (χ4n) is 2.99. The average molecular weight is 416 g/mol. The van der Waals surface area contributed by atoms with Crippen LogP contribution in [-0.4, -0.2) is 33.5 Å². The molecule has 0 aromatic heterocycles. The standard InChI is InChI=1S/C22H29N3O3S/c1-5-15-23-29(27,28)16-18-7-11-20(12-8-18)24-22(26)19-9-13-21(14-10-19)25(6-2)17(3)4/h5,7-14,17,23H,1,6,15-16H2,2-4H3,(H,24,26). The molecule has 6 nitrogen and oxygen atoms in total. The summed E-state index contributed by atoms with van der Waals surface area (Å²) in [6.07, 6.45) is 1.49. The number of hydrogen-bond acceptors (Lipinski definition) is 4. The second-order valence-electron chi connectivity index (χ2n) is 6.97. The third kappa shape index (κ3) is 6.73. The van der Waals surface area contributed by atoms with Gasteiger partial charge in [0.25, 0.3) is 5.91 Å². The van der Waals surface area contributed by atoms with E-state index in [1.54, 1.807) is 24.3 Å². The second kappa shape index (κ2) is 10.2. The Labute approximate surface area is 173 Å². The van der Waals surface area contributed by atoms with E-state index in [1.165, 1.54) is 6.08 Å². The molecule has 7 heteroatoms. The molecule has 0 atom stereocenters. The summed E-state index contributed by atoms with van der Waals surface area (Å²) in [5.41, 5.74) is 2.89. The van der Waals surface area contributed by atoms with Crippen molar-refractivity contribution >= 4 is 27.3 Å². The molecule has 0 heterocycles. The van der Waals surface area contributed by atoms with Gasteiger partial charge in [0.2, 0.25) is 10.0 Å². The van der Waals surface area contributed by atoms with E-state index in [0.29, 0.717) is 22.9 Å². The molecule has 0 bridgehead atoms. The molecule has 2 aromatic carbocycles. The van der Waals surface area contributed by atoms with Crippen LogP contribution in [0.3, 0.4) is 0 Å². The Morgan fingerprint density at radius 3 is 2.24 bits per heavy atom. The number of carbonyl (C=O) groups excluding carboxylic acids is 1. The van der Waals surface area contributed by atoms with Gasteiger partial charge in [-0.05, 0) is 62.7 Å². The molecule has 0 fully saturated rings. The number of hydrogen-bond donors (Lipinski definition) is 2. The van der Waals surface area contributed by atoms with Gasteiger partial charge in [0.05, 0.1) is 5.75 Å². The zero-order valence-corrected chi connectivity index (χ0v) is 18.0. The van der Waals surface area contributed by atoms with E-state index >= 15 is 0 Å². The Bertz CT molecular complexity index is 921. The van der Waals surface area contributed by atoms with Crippen LogP contribution in [0.2, 0.25) is 0 Å². The molecule has 29 heavy (non-hydrogen) atoms. The highest BCUT2D eigenvalue weighted by atomic mass is 32.2. The van der Waals surface area contributed by atoms with Crippen LogP contribution >= 0.6 is 0 Å². The minimum absolute atomic E-state index is 0.125. The van der Waals surface area contributed by atoms with Gasteiger partial charge in [-0.1, -0.05) is 18.2 Å². The summed E-state index contributed by atoms with van der Waals surface area (Å²) in [5.74, 6) is -0.336. The molecule has 2 aromatic rings. The van der Waals surface area contributed by atoms with Gasteiger partial charge >= 0.3 is 0 Å². The first-order valence-corrected chi connectivity index (χ1v) is 11.3. The number of anilines is 2. The first-order chi connectivity index (χ1) is 13.8. The van der Waals surface area contributed by atoms with Gasteiger partial charge in [-0.25, -0.2) is 13.1 Å². The van der Waals surface area contributed by atoms with Crippen molar-refractivity contribution in [1.82, 2.24) is 4.72 Å². The molecule has 0 aliphatic carbocycles. The van der Waals surface area contributed by atoms with Gasteiger partial charge in [0, 0.05) is 36.1 Å². The van der Waals surface area contributed by atoms with E-state index in [2.05, 4.69) is 42.3 Å². The number of rotatable bonds is 10. The molecular weight excluding hydrogens is 386 g/mol. The van der Waals surface area contributed by atoms with E-state index < -0.39 is 10.0 Å². The first-order valence-electron chi connectivity index (χ1n) is 9.61. The van der Waals surface area contributed by atoms with Crippen molar-refractivity contribution in [2.45, 2.75) is 32.6 Å². The van der Waals surface area contributed by atoms with E-state index in [4.69, 9.17) is 0 Å². The summed E-state index contributed by atoms with van der Waals surface area (Å²) in [6, 6.07) is 14.7. The lowest BCUT2D eigenvalue weighted by atomic mass is 10.1. The quantitative estimate of drug-likeness (QED) is 0.579. The minimum Gasteiger partial charge on any atom is -0.369 e.